The van der Waals surface area contributed by atoms with Crippen LogP contribution in [0.2, 0.25) is 0 Å². The van der Waals surface area contributed by atoms with Gasteiger partial charge in [0.15, 0.2) is 5.16 Å². The Morgan fingerprint density at radius 1 is 1.17 bits per heavy atom. The molecule has 11 heteroatoms. The fraction of sp³-hybridized carbons (Fsp3) is 0.280. The summed E-state index contributed by atoms with van der Waals surface area (Å²) in [5, 5.41) is 3.54. The fourth-order valence-corrected chi connectivity index (χ4v) is 5.44. The van der Waals surface area contributed by atoms with Gasteiger partial charge >= 0.3 is 5.97 Å². The summed E-state index contributed by atoms with van der Waals surface area (Å²) in [6.07, 6.45) is 1.53. The number of hydrogen-bond acceptors (Lipinski definition) is 9. The maximum absolute atomic E-state index is 13.5. The maximum Gasteiger partial charge on any atom is 0.348 e. The lowest BCUT2D eigenvalue weighted by Gasteiger charge is -2.11. The smallest absolute Gasteiger partial charge is 0.348 e. The normalized spacial score (nSPS) is 11.0. The molecule has 0 aliphatic rings. The number of furan rings is 1. The number of esters is 1. The first kappa shape index (κ1) is 25.5. The van der Waals surface area contributed by atoms with Gasteiger partial charge in [0.25, 0.3) is 5.56 Å². The number of nitrogens with zero attached hydrogens (tertiary/aromatic N) is 2. The van der Waals surface area contributed by atoms with Crippen molar-refractivity contribution in [2.75, 3.05) is 24.3 Å². The van der Waals surface area contributed by atoms with Crippen LogP contribution in [0.1, 0.15) is 34.8 Å². The van der Waals surface area contributed by atoms with Gasteiger partial charge in [-0.2, -0.15) is 0 Å². The largest absolute Gasteiger partial charge is 0.494 e. The molecular weight excluding hydrogens is 502 g/mol. The number of rotatable bonds is 10. The molecule has 0 spiro atoms. The molecule has 0 aliphatic heterocycles. The summed E-state index contributed by atoms with van der Waals surface area (Å²) in [5.41, 5.74) is 0.854. The van der Waals surface area contributed by atoms with Crippen LogP contribution in [0.5, 0.6) is 5.75 Å². The number of amides is 1. The second kappa shape index (κ2) is 11.4. The van der Waals surface area contributed by atoms with E-state index in [4.69, 9.17) is 13.9 Å². The Kier molecular flexibility index (Phi) is 8.11. The number of ether oxygens (including phenoxy) is 2. The van der Waals surface area contributed by atoms with E-state index in [9.17, 15) is 14.4 Å². The molecule has 4 rings (SSSR count). The average molecular weight is 528 g/mol. The topological polar surface area (TPSA) is 113 Å². The van der Waals surface area contributed by atoms with Gasteiger partial charge in [0.2, 0.25) is 5.91 Å². The van der Waals surface area contributed by atoms with Crippen LogP contribution >= 0.6 is 23.1 Å². The van der Waals surface area contributed by atoms with Crippen LogP contribution in [0.4, 0.5) is 5.69 Å². The van der Waals surface area contributed by atoms with E-state index in [-0.39, 0.29) is 30.4 Å². The van der Waals surface area contributed by atoms with Gasteiger partial charge in [-0.3, -0.25) is 14.2 Å². The van der Waals surface area contributed by atoms with Gasteiger partial charge in [-0.05, 0) is 62.7 Å². The number of thiophene rings is 1. The van der Waals surface area contributed by atoms with E-state index in [2.05, 4.69) is 10.3 Å². The number of hydrogen-bond donors (Lipinski definition) is 1. The zero-order valence-corrected chi connectivity index (χ0v) is 21.7. The summed E-state index contributed by atoms with van der Waals surface area (Å²) in [4.78, 5) is 44.0. The summed E-state index contributed by atoms with van der Waals surface area (Å²) in [6, 6.07) is 10.6. The van der Waals surface area contributed by atoms with E-state index in [1.54, 1.807) is 50.2 Å². The quantitative estimate of drug-likeness (QED) is 0.179. The van der Waals surface area contributed by atoms with Crippen LogP contribution in [0.3, 0.4) is 0 Å². The molecule has 0 atom stereocenters. The van der Waals surface area contributed by atoms with Crippen molar-refractivity contribution in [1.82, 2.24) is 9.55 Å². The predicted molar refractivity (Wildman–Crippen MR) is 139 cm³/mol. The second-order valence-electron chi connectivity index (χ2n) is 7.62. The molecule has 0 bridgehead atoms. The van der Waals surface area contributed by atoms with Crippen molar-refractivity contribution in [3.63, 3.8) is 0 Å². The van der Waals surface area contributed by atoms with Crippen LogP contribution in [0.15, 0.2) is 57.0 Å². The highest BCUT2D eigenvalue weighted by molar-refractivity contribution is 7.99. The minimum Gasteiger partial charge on any atom is -0.494 e. The third kappa shape index (κ3) is 5.63. The van der Waals surface area contributed by atoms with Crippen LogP contribution in [0.25, 0.3) is 10.2 Å². The summed E-state index contributed by atoms with van der Waals surface area (Å²) in [5.74, 6) is 0.574. The lowest BCUT2D eigenvalue weighted by molar-refractivity contribution is -0.113. The average Bonchev–Trinajstić information content (AvgIpc) is 3.49. The zero-order valence-electron chi connectivity index (χ0n) is 20.0. The Hall–Kier alpha value is -3.57. The summed E-state index contributed by atoms with van der Waals surface area (Å²) < 4.78 is 17.5. The molecule has 3 heterocycles. The van der Waals surface area contributed by atoms with E-state index in [0.717, 1.165) is 28.8 Å². The van der Waals surface area contributed by atoms with Crippen molar-refractivity contribution in [3.05, 3.63) is 69.2 Å². The number of aromatic nitrogens is 2. The molecule has 1 amide bonds. The number of aryl methyl sites for hydroxylation is 1. The lowest BCUT2D eigenvalue weighted by atomic mass is 10.2. The third-order valence-corrected chi connectivity index (χ3v) is 7.29. The molecule has 1 aromatic carbocycles. The minimum atomic E-state index is -0.487. The van der Waals surface area contributed by atoms with E-state index in [1.165, 1.54) is 10.8 Å². The van der Waals surface area contributed by atoms with Gasteiger partial charge in [-0.1, -0.05) is 11.8 Å². The number of anilines is 1. The molecule has 188 valence electrons. The number of fused-ring (bicyclic) bond motifs is 1. The van der Waals surface area contributed by atoms with Crippen molar-refractivity contribution in [2.24, 2.45) is 0 Å². The van der Waals surface area contributed by atoms with Gasteiger partial charge < -0.3 is 19.2 Å². The molecule has 0 saturated carbocycles. The van der Waals surface area contributed by atoms with Gasteiger partial charge in [0.05, 0.1) is 37.2 Å². The zero-order chi connectivity index (χ0) is 25.7. The number of carbonyl (C=O) groups excluding carboxylic acids is 2. The van der Waals surface area contributed by atoms with Gasteiger partial charge in [-0.25, -0.2) is 9.78 Å². The molecular formula is C25H25N3O6S2. The number of carbonyl (C=O) groups is 2. The molecule has 0 unspecified atom stereocenters. The summed E-state index contributed by atoms with van der Waals surface area (Å²) in [6.45, 7) is 6.27. The predicted octanol–water partition coefficient (Wildman–Crippen LogP) is 4.71. The Morgan fingerprint density at radius 3 is 2.61 bits per heavy atom. The van der Waals surface area contributed by atoms with Gasteiger partial charge in [0.1, 0.15) is 21.2 Å². The molecule has 1 N–H and O–H groups in total. The molecule has 36 heavy (non-hydrogen) atoms. The fourth-order valence-electron chi connectivity index (χ4n) is 3.53. The molecule has 3 aromatic heterocycles. The Balaban J connectivity index is 1.61. The minimum absolute atomic E-state index is 0.0262. The van der Waals surface area contributed by atoms with Crippen molar-refractivity contribution < 1.29 is 23.5 Å². The Labute approximate surface area is 215 Å². The lowest BCUT2D eigenvalue weighted by Crippen LogP contribution is -2.24. The van der Waals surface area contributed by atoms with Gasteiger partial charge in [0, 0.05) is 5.69 Å². The van der Waals surface area contributed by atoms with Gasteiger partial charge in [-0.15, -0.1) is 11.3 Å². The maximum atomic E-state index is 13.5. The third-order valence-electron chi connectivity index (χ3n) is 5.15. The first-order valence-electron chi connectivity index (χ1n) is 11.3. The van der Waals surface area contributed by atoms with E-state index in [1.807, 2.05) is 6.92 Å². The van der Waals surface area contributed by atoms with Crippen molar-refractivity contribution in [3.8, 4) is 5.75 Å². The summed E-state index contributed by atoms with van der Waals surface area (Å²) in [7, 11) is 0. The first-order valence-corrected chi connectivity index (χ1v) is 13.1. The molecule has 0 radical (unpaired) electrons. The molecule has 4 aromatic rings. The molecule has 9 nitrogen and oxygen atoms in total. The number of thioether (sulfide) groups is 1. The van der Waals surface area contributed by atoms with E-state index >= 15 is 0 Å². The molecule has 0 aliphatic carbocycles. The number of nitrogens with one attached hydrogen (secondary N) is 1. The highest BCUT2D eigenvalue weighted by Gasteiger charge is 2.23. The van der Waals surface area contributed by atoms with E-state index < -0.39 is 5.97 Å². The van der Waals surface area contributed by atoms with E-state index in [0.29, 0.717) is 43.9 Å². The Bertz CT molecular complexity index is 1430. The molecule has 0 fully saturated rings. The number of benzene rings is 1. The summed E-state index contributed by atoms with van der Waals surface area (Å²) >= 11 is 2.25. The van der Waals surface area contributed by atoms with Crippen LogP contribution < -0.4 is 15.6 Å². The van der Waals surface area contributed by atoms with Crippen molar-refractivity contribution in [2.45, 2.75) is 32.5 Å². The van der Waals surface area contributed by atoms with Crippen molar-refractivity contribution >= 4 is 50.9 Å². The highest BCUT2D eigenvalue weighted by atomic mass is 32.2. The van der Waals surface area contributed by atoms with Crippen LogP contribution in [0, 0.1) is 6.92 Å². The standard InChI is InChI=1S/C25H25N3O6S2/c1-4-32-17-10-8-16(9-11-17)26-19(29)14-35-25-27-22-20(15(3)21(36-22)24(31)33-5-2)23(30)28(25)13-18-7-6-12-34-18/h6-12H,4-5,13-14H2,1-3H3,(H,26,29). The second-order valence-corrected chi connectivity index (χ2v) is 9.56. The molecule has 0 saturated heterocycles. The Morgan fingerprint density at radius 2 is 1.94 bits per heavy atom. The van der Waals surface area contributed by atoms with Crippen molar-refractivity contribution in [1.29, 1.82) is 0 Å². The first-order chi connectivity index (χ1) is 17.4. The SMILES string of the molecule is CCOC(=O)c1sc2nc(SCC(=O)Nc3ccc(OCC)cc3)n(Cc3ccco3)c(=O)c2c1C. The highest BCUT2D eigenvalue weighted by Crippen LogP contribution is 2.30. The van der Waals surface area contributed by atoms with Crippen LogP contribution in [-0.2, 0) is 16.1 Å². The monoisotopic (exact) mass is 527 g/mol. The van der Waals surface area contributed by atoms with Crippen LogP contribution in [-0.4, -0.2) is 40.4 Å².